The van der Waals surface area contributed by atoms with E-state index in [1.165, 1.54) is 48.4 Å². The molecule has 1 atom stereocenters. The van der Waals surface area contributed by atoms with Crippen molar-refractivity contribution in [1.29, 1.82) is 0 Å². The van der Waals surface area contributed by atoms with E-state index in [4.69, 9.17) is 16.3 Å². The van der Waals surface area contributed by atoms with E-state index in [2.05, 4.69) is 0 Å². The fourth-order valence-corrected chi connectivity index (χ4v) is 4.02. The molecule has 1 N–H and O–H groups in total. The van der Waals surface area contributed by atoms with Crippen LogP contribution in [0.5, 0.6) is 5.75 Å². The monoisotopic (exact) mass is 473 g/mol. The van der Waals surface area contributed by atoms with Crippen molar-refractivity contribution in [2.45, 2.75) is 12.5 Å². The normalized spacial score (nSPS) is 17.6. The lowest BCUT2D eigenvalue weighted by atomic mass is 9.95. The van der Waals surface area contributed by atoms with Crippen LogP contribution >= 0.6 is 11.6 Å². The molecule has 2 aromatic carbocycles. The summed E-state index contributed by atoms with van der Waals surface area (Å²) >= 11 is 6.18. The molecule has 0 saturated carbocycles. The largest absolute Gasteiger partial charge is 0.507 e. The highest BCUT2D eigenvalue weighted by Gasteiger charge is 2.45. The Hall–Kier alpha value is -3.43. The molecule has 0 spiro atoms. The maximum Gasteiger partial charge on any atom is 0.295 e. The number of aliphatic hydroxyl groups excluding tert-OH is 1. The molecule has 10 heteroatoms. The number of nitro groups is 1. The Kier molecular flexibility index (Phi) is 7.35. The molecule has 1 aliphatic heterocycles. The van der Waals surface area contributed by atoms with Crippen molar-refractivity contribution < 1.29 is 24.4 Å². The topological polar surface area (TPSA) is 113 Å². The highest BCUT2D eigenvalue weighted by Crippen LogP contribution is 2.40. The van der Waals surface area contributed by atoms with Gasteiger partial charge in [0.15, 0.2) is 0 Å². The number of likely N-dealkylation sites (tertiary alicyclic amines) is 1. The summed E-state index contributed by atoms with van der Waals surface area (Å²) in [6.07, 6.45) is 0.595. The molecule has 1 heterocycles. The third kappa shape index (κ3) is 4.99. The van der Waals surface area contributed by atoms with Gasteiger partial charge >= 0.3 is 0 Å². The Balaban J connectivity index is 2.11. The van der Waals surface area contributed by atoms with E-state index in [1.54, 1.807) is 6.07 Å². The Bertz CT molecular complexity index is 1110. The van der Waals surface area contributed by atoms with Gasteiger partial charge in [0, 0.05) is 24.2 Å². The smallest absolute Gasteiger partial charge is 0.295 e. The highest BCUT2D eigenvalue weighted by atomic mass is 35.5. The quantitative estimate of drug-likeness (QED) is 0.205. The number of carbonyl (C=O) groups is 2. The van der Waals surface area contributed by atoms with Gasteiger partial charge in [-0.1, -0.05) is 11.6 Å². The van der Waals surface area contributed by atoms with Crippen LogP contribution in [0.3, 0.4) is 0 Å². The zero-order chi connectivity index (χ0) is 24.3. The number of rotatable bonds is 8. The molecule has 0 bridgehead atoms. The zero-order valence-corrected chi connectivity index (χ0v) is 19.2. The van der Waals surface area contributed by atoms with E-state index in [1.807, 2.05) is 19.0 Å². The minimum Gasteiger partial charge on any atom is -0.507 e. The lowest BCUT2D eigenvalue weighted by Gasteiger charge is -2.26. The van der Waals surface area contributed by atoms with Crippen LogP contribution in [0.25, 0.3) is 5.76 Å². The number of halogens is 1. The molecular formula is C23H24ClN3O6. The van der Waals surface area contributed by atoms with Crippen molar-refractivity contribution in [3.05, 3.63) is 74.3 Å². The van der Waals surface area contributed by atoms with Gasteiger partial charge in [-0.15, -0.1) is 0 Å². The minimum atomic E-state index is -0.895. The number of ether oxygens (including phenoxy) is 1. The van der Waals surface area contributed by atoms with E-state index in [9.17, 15) is 24.8 Å². The van der Waals surface area contributed by atoms with Crippen LogP contribution in [-0.2, 0) is 9.59 Å². The third-order valence-electron chi connectivity index (χ3n) is 5.39. The average molecular weight is 474 g/mol. The molecule has 1 amide bonds. The summed E-state index contributed by atoms with van der Waals surface area (Å²) < 4.78 is 5.13. The second kappa shape index (κ2) is 10.0. The molecule has 9 nitrogen and oxygen atoms in total. The molecule has 174 valence electrons. The number of carbonyl (C=O) groups excluding carboxylic acids is 2. The van der Waals surface area contributed by atoms with Crippen LogP contribution in [0.4, 0.5) is 5.69 Å². The van der Waals surface area contributed by atoms with Crippen molar-refractivity contribution >= 4 is 34.7 Å². The molecule has 1 aliphatic rings. The van der Waals surface area contributed by atoms with Crippen molar-refractivity contribution in [2.24, 2.45) is 0 Å². The van der Waals surface area contributed by atoms with Gasteiger partial charge in [-0.2, -0.15) is 0 Å². The van der Waals surface area contributed by atoms with Gasteiger partial charge in [-0.05, 0) is 63.0 Å². The van der Waals surface area contributed by atoms with Gasteiger partial charge < -0.3 is 19.6 Å². The van der Waals surface area contributed by atoms with Crippen LogP contribution in [0, 0.1) is 10.1 Å². The van der Waals surface area contributed by atoms with Gasteiger partial charge in [0.2, 0.25) is 0 Å². The first-order valence-electron chi connectivity index (χ1n) is 10.2. The maximum atomic E-state index is 13.0. The third-order valence-corrected chi connectivity index (χ3v) is 5.68. The Morgan fingerprint density at radius 2 is 1.88 bits per heavy atom. The molecule has 0 aliphatic carbocycles. The summed E-state index contributed by atoms with van der Waals surface area (Å²) in [5.74, 6) is -1.55. The van der Waals surface area contributed by atoms with Gasteiger partial charge in [-0.3, -0.25) is 19.7 Å². The van der Waals surface area contributed by atoms with Crippen LogP contribution < -0.4 is 4.74 Å². The second-order valence-electron chi connectivity index (χ2n) is 7.85. The first-order valence-corrected chi connectivity index (χ1v) is 10.5. The van der Waals surface area contributed by atoms with E-state index in [0.29, 0.717) is 24.3 Å². The molecular weight excluding hydrogens is 450 g/mol. The van der Waals surface area contributed by atoms with Crippen molar-refractivity contribution in [1.82, 2.24) is 9.80 Å². The number of methoxy groups -OCH3 is 1. The van der Waals surface area contributed by atoms with Crippen molar-refractivity contribution in [2.75, 3.05) is 34.3 Å². The molecule has 2 aromatic rings. The summed E-state index contributed by atoms with van der Waals surface area (Å²) in [6, 6.07) is 9.22. The second-order valence-corrected chi connectivity index (χ2v) is 8.25. The number of non-ortho nitro benzene ring substituents is 1. The van der Waals surface area contributed by atoms with Crippen LogP contribution in [0.1, 0.15) is 23.6 Å². The fourth-order valence-electron chi connectivity index (χ4n) is 3.76. The summed E-state index contributed by atoms with van der Waals surface area (Å²) in [4.78, 5) is 39.8. The first-order chi connectivity index (χ1) is 15.6. The highest BCUT2D eigenvalue weighted by molar-refractivity contribution is 6.46. The average Bonchev–Trinajstić information content (AvgIpc) is 3.03. The summed E-state index contributed by atoms with van der Waals surface area (Å²) in [5.41, 5.74) is 0.509. The molecule has 0 aromatic heterocycles. The van der Waals surface area contributed by atoms with E-state index in [0.717, 1.165) is 0 Å². The number of amides is 1. The molecule has 33 heavy (non-hydrogen) atoms. The standard InChI is InChI=1S/C23H24ClN3O6/c1-25(2)11-4-12-26-20(14-5-8-16(9-6-14)27(31)32)19(22(29)23(26)30)21(28)15-7-10-18(33-3)17(24)13-15/h5-10,13,20,28H,4,11-12H2,1-3H3/t20-/m1/s1. The number of Topliss-reactive ketones (excluding diaryl/α,β-unsaturated/α-hetero) is 1. The fraction of sp³-hybridized carbons (Fsp3) is 0.304. The van der Waals surface area contributed by atoms with E-state index >= 15 is 0 Å². The van der Waals surface area contributed by atoms with E-state index in [-0.39, 0.29) is 34.2 Å². The van der Waals surface area contributed by atoms with Gasteiger partial charge in [0.25, 0.3) is 17.4 Å². The minimum absolute atomic E-state index is 0.0973. The summed E-state index contributed by atoms with van der Waals surface area (Å²) in [7, 11) is 5.25. The Morgan fingerprint density at radius 1 is 1.21 bits per heavy atom. The van der Waals surface area contributed by atoms with Gasteiger partial charge in [0.1, 0.15) is 11.5 Å². The molecule has 0 unspecified atom stereocenters. The SMILES string of the molecule is COc1ccc(C(O)=C2C(=O)C(=O)N(CCCN(C)C)[C@@H]2c2ccc([N+](=O)[O-])cc2)cc1Cl. The predicted molar refractivity (Wildman–Crippen MR) is 123 cm³/mol. The van der Waals surface area contributed by atoms with Gasteiger partial charge in [0.05, 0.1) is 28.7 Å². The first kappa shape index (κ1) is 24.2. The molecule has 1 saturated heterocycles. The number of hydrogen-bond donors (Lipinski definition) is 1. The number of hydrogen-bond acceptors (Lipinski definition) is 7. The zero-order valence-electron chi connectivity index (χ0n) is 18.4. The van der Waals surface area contributed by atoms with Crippen LogP contribution in [0.15, 0.2) is 48.0 Å². The predicted octanol–water partition coefficient (Wildman–Crippen LogP) is 3.63. The number of aliphatic hydroxyl groups is 1. The van der Waals surface area contributed by atoms with Crippen molar-refractivity contribution in [3.63, 3.8) is 0 Å². The lowest BCUT2D eigenvalue weighted by Crippen LogP contribution is -2.32. The number of nitro benzene ring substituents is 1. The van der Waals surface area contributed by atoms with Crippen molar-refractivity contribution in [3.8, 4) is 5.75 Å². The molecule has 3 rings (SSSR count). The summed E-state index contributed by atoms with van der Waals surface area (Å²) in [6.45, 7) is 0.953. The van der Waals surface area contributed by atoms with Gasteiger partial charge in [-0.25, -0.2) is 0 Å². The van der Waals surface area contributed by atoms with Crippen LogP contribution in [-0.4, -0.2) is 65.8 Å². The van der Waals surface area contributed by atoms with E-state index < -0.39 is 22.7 Å². The maximum absolute atomic E-state index is 13.0. The Labute approximate surface area is 196 Å². The van der Waals surface area contributed by atoms with Crippen LogP contribution in [0.2, 0.25) is 5.02 Å². The molecule has 1 fully saturated rings. The number of ketones is 1. The molecule has 0 radical (unpaired) electrons. The Morgan fingerprint density at radius 3 is 2.42 bits per heavy atom. The summed E-state index contributed by atoms with van der Waals surface area (Å²) in [5, 5.41) is 22.4. The number of nitrogens with zero attached hydrogens (tertiary/aromatic N) is 3. The number of benzene rings is 2. The lowest BCUT2D eigenvalue weighted by molar-refractivity contribution is -0.384.